The quantitative estimate of drug-likeness (QED) is 0.586. The Hall–Kier alpha value is -2.41. The van der Waals surface area contributed by atoms with Crippen LogP contribution in [0.2, 0.25) is 0 Å². The van der Waals surface area contributed by atoms with Crippen LogP contribution in [0.4, 0.5) is 5.69 Å². The van der Waals surface area contributed by atoms with E-state index in [1.54, 1.807) is 24.3 Å². The van der Waals surface area contributed by atoms with Crippen molar-refractivity contribution in [3.05, 3.63) is 24.3 Å². The second-order valence-electron chi connectivity index (χ2n) is 6.55. The van der Waals surface area contributed by atoms with E-state index in [1.165, 1.54) is 12.0 Å². The number of esters is 1. The van der Waals surface area contributed by atoms with Gasteiger partial charge in [0.25, 0.3) is 5.91 Å². The van der Waals surface area contributed by atoms with Gasteiger partial charge in [-0.3, -0.25) is 19.3 Å². The molecule has 0 aliphatic carbocycles. The smallest absolute Gasteiger partial charge is 0.308 e. The molecule has 1 aromatic rings. The maximum atomic E-state index is 12.8. The average Bonchev–Trinajstić information content (AvgIpc) is 2.96. The van der Waals surface area contributed by atoms with Gasteiger partial charge in [-0.15, -0.1) is 0 Å². The molecule has 0 bridgehead atoms. The minimum absolute atomic E-state index is 0.120. The first-order valence-corrected chi connectivity index (χ1v) is 8.96. The highest BCUT2D eigenvalue weighted by molar-refractivity contribution is 6.22. The molecule has 0 spiro atoms. The summed E-state index contributed by atoms with van der Waals surface area (Å²) in [6.45, 7) is 3.68. The highest BCUT2D eigenvalue weighted by atomic mass is 16.5. The van der Waals surface area contributed by atoms with Gasteiger partial charge in [0.15, 0.2) is 0 Å². The van der Waals surface area contributed by atoms with Gasteiger partial charge in [0.1, 0.15) is 5.75 Å². The van der Waals surface area contributed by atoms with Crippen LogP contribution in [0, 0.1) is 5.92 Å². The highest BCUT2D eigenvalue weighted by Crippen LogP contribution is 2.29. The molecule has 26 heavy (non-hydrogen) atoms. The highest BCUT2D eigenvalue weighted by Gasteiger charge is 2.43. The molecule has 7 heteroatoms. The average molecular weight is 360 g/mol. The molecule has 0 saturated carbocycles. The number of carbonyl (C=O) groups excluding carboxylic acids is 3. The molecule has 0 radical (unpaired) electrons. The zero-order chi connectivity index (χ0) is 18.7. The minimum Gasteiger partial charge on any atom is -0.494 e. The Labute approximate surface area is 152 Å². The number of benzene rings is 1. The molecule has 0 N–H and O–H groups in total. The molecule has 1 unspecified atom stereocenters. The fraction of sp³-hybridized carbons (Fsp3) is 0.526. The van der Waals surface area contributed by atoms with Gasteiger partial charge in [0.05, 0.1) is 37.8 Å². The molecule has 140 valence electrons. The number of nitrogens with zero attached hydrogens (tertiary/aromatic N) is 2. The van der Waals surface area contributed by atoms with Crippen molar-refractivity contribution in [3.63, 3.8) is 0 Å². The number of anilines is 1. The summed E-state index contributed by atoms with van der Waals surface area (Å²) in [6, 6.07) is 6.52. The van der Waals surface area contributed by atoms with E-state index in [0.29, 0.717) is 44.0 Å². The number of amides is 2. The third-order valence-electron chi connectivity index (χ3n) is 5.03. The van der Waals surface area contributed by atoms with Crippen LogP contribution in [-0.2, 0) is 19.1 Å². The van der Waals surface area contributed by atoms with E-state index in [1.807, 2.05) is 11.8 Å². The van der Waals surface area contributed by atoms with E-state index < -0.39 is 6.04 Å². The van der Waals surface area contributed by atoms with Crippen molar-refractivity contribution in [2.24, 2.45) is 5.92 Å². The van der Waals surface area contributed by atoms with Crippen molar-refractivity contribution >= 4 is 23.5 Å². The third kappa shape index (κ3) is 3.58. The lowest BCUT2D eigenvalue weighted by Crippen LogP contribution is -2.46. The summed E-state index contributed by atoms with van der Waals surface area (Å²) < 4.78 is 10.2. The Morgan fingerprint density at radius 1 is 1.15 bits per heavy atom. The van der Waals surface area contributed by atoms with Gasteiger partial charge in [0.2, 0.25) is 5.91 Å². The van der Waals surface area contributed by atoms with Gasteiger partial charge in [0, 0.05) is 0 Å². The summed E-state index contributed by atoms with van der Waals surface area (Å²) in [7, 11) is 1.39. The number of methoxy groups -OCH3 is 1. The van der Waals surface area contributed by atoms with E-state index >= 15 is 0 Å². The summed E-state index contributed by atoms with van der Waals surface area (Å²) in [6.07, 6.45) is 1.47. The van der Waals surface area contributed by atoms with Crippen LogP contribution in [0.1, 0.15) is 26.2 Å². The first-order valence-electron chi connectivity index (χ1n) is 8.96. The lowest BCUT2D eigenvalue weighted by molar-refractivity contribution is -0.147. The number of carbonyl (C=O) groups is 3. The van der Waals surface area contributed by atoms with Gasteiger partial charge in [-0.1, -0.05) is 0 Å². The molecule has 3 rings (SSSR count). The van der Waals surface area contributed by atoms with Crippen molar-refractivity contribution in [1.29, 1.82) is 0 Å². The molecule has 2 aliphatic heterocycles. The number of hydrogen-bond acceptors (Lipinski definition) is 6. The van der Waals surface area contributed by atoms with Crippen LogP contribution < -0.4 is 9.64 Å². The van der Waals surface area contributed by atoms with Crippen LogP contribution in [0.25, 0.3) is 0 Å². The van der Waals surface area contributed by atoms with Crippen LogP contribution in [0.3, 0.4) is 0 Å². The zero-order valence-electron chi connectivity index (χ0n) is 15.1. The monoisotopic (exact) mass is 360 g/mol. The van der Waals surface area contributed by atoms with Crippen molar-refractivity contribution < 1.29 is 23.9 Å². The maximum absolute atomic E-state index is 12.8. The Morgan fingerprint density at radius 2 is 1.81 bits per heavy atom. The van der Waals surface area contributed by atoms with Crippen LogP contribution in [0.5, 0.6) is 5.75 Å². The van der Waals surface area contributed by atoms with E-state index in [4.69, 9.17) is 9.47 Å². The molecule has 7 nitrogen and oxygen atoms in total. The lowest BCUT2D eigenvalue weighted by Gasteiger charge is -2.33. The van der Waals surface area contributed by atoms with Gasteiger partial charge in [-0.05, 0) is 57.1 Å². The second kappa shape index (κ2) is 7.86. The molecule has 2 heterocycles. The predicted octanol–water partition coefficient (Wildman–Crippen LogP) is 1.60. The molecule has 1 aromatic carbocycles. The number of hydrogen-bond donors (Lipinski definition) is 0. The van der Waals surface area contributed by atoms with E-state index in [0.717, 1.165) is 0 Å². The normalized spacial score (nSPS) is 21.9. The largest absolute Gasteiger partial charge is 0.494 e. The fourth-order valence-electron chi connectivity index (χ4n) is 3.64. The molecule has 0 aromatic heterocycles. The van der Waals surface area contributed by atoms with E-state index in [9.17, 15) is 14.4 Å². The Balaban J connectivity index is 1.66. The second-order valence-corrected chi connectivity index (χ2v) is 6.55. The molecule has 2 saturated heterocycles. The zero-order valence-corrected chi connectivity index (χ0v) is 15.1. The number of likely N-dealkylation sites (tertiary alicyclic amines) is 1. The molecular formula is C19H24N2O5. The van der Waals surface area contributed by atoms with Crippen LogP contribution in [-0.4, -0.2) is 55.5 Å². The van der Waals surface area contributed by atoms with Crippen LogP contribution >= 0.6 is 0 Å². The summed E-state index contributed by atoms with van der Waals surface area (Å²) in [5.41, 5.74) is 0.565. The Bertz CT molecular complexity index is 680. The van der Waals surface area contributed by atoms with Crippen molar-refractivity contribution in [2.45, 2.75) is 32.2 Å². The van der Waals surface area contributed by atoms with Crippen LogP contribution in [0.15, 0.2) is 24.3 Å². The number of rotatable bonds is 5. The molecule has 2 fully saturated rings. The summed E-state index contributed by atoms with van der Waals surface area (Å²) in [4.78, 5) is 40.2. The third-order valence-corrected chi connectivity index (χ3v) is 5.03. The Morgan fingerprint density at radius 3 is 2.38 bits per heavy atom. The maximum Gasteiger partial charge on any atom is 0.308 e. The Kier molecular flexibility index (Phi) is 5.56. The first kappa shape index (κ1) is 18.4. The number of piperidine rings is 1. The first-order chi connectivity index (χ1) is 12.5. The van der Waals surface area contributed by atoms with Crippen molar-refractivity contribution in [3.8, 4) is 5.75 Å². The molecule has 2 amide bonds. The van der Waals surface area contributed by atoms with E-state index in [-0.39, 0.29) is 30.1 Å². The van der Waals surface area contributed by atoms with Gasteiger partial charge < -0.3 is 9.47 Å². The number of imide groups is 1. The minimum atomic E-state index is -0.451. The van der Waals surface area contributed by atoms with Gasteiger partial charge in [-0.2, -0.15) is 0 Å². The standard InChI is InChI=1S/C19H24N2O5/c1-3-26-15-6-4-14(5-7-15)21-17(22)12-16(18(21)23)20-10-8-13(9-11-20)19(24)25-2/h4-7,13,16H,3,8-12H2,1-2H3. The topological polar surface area (TPSA) is 76.2 Å². The summed E-state index contributed by atoms with van der Waals surface area (Å²) in [5.74, 6) is -0.00753. The van der Waals surface area contributed by atoms with Crippen molar-refractivity contribution in [1.82, 2.24) is 4.90 Å². The number of ether oxygens (including phenoxy) is 2. The van der Waals surface area contributed by atoms with E-state index in [2.05, 4.69) is 0 Å². The molecule has 1 atom stereocenters. The molecular weight excluding hydrogens is 336 g/mol. The van der Waals surface area contributed by atoms with Gasteiger partial charge >= 0.3 is 5.97 Å². The van der Waals surface area contributed by atoms with Crippen molar-refractivity contribution in [2.75, 3.05) is 31.7 Å². The summed E-state index contributed by atoms with van der Waals surface area (Å²) >= 11 is 0. The summed E-state index contributed by atoms with van der Waals surface area (Å²) in [5, 5.41) is 0. The van der Waals surface area contributed by atoms with Gasteiger partial charge in [-0.25, -0.2) is 4.90 Å². The predicted molar refractivity (Wildman–Crippen MR) is 94.8 cm³/mol. The fourth-order valence-corrected chi connectivity index (χ4v) is 3.64. The lowest BCUT2D eigenvalue weighted by atomic mass is 9.95. The molecule has 2 aliphatic rings. The SMILES string of the molecule is CCOc1ccc(N2C(=O)CC(N3CCC(C(=O)OC)CC3)C2=O)cc1.